The van der Waals surface area contributed by atoms with Gasteiger partial charge in [0, 0.05) is 25.9 Å². The minimum Gasteiger partial charge on any atom is -0.341 e. The molecule has 0 aliphatic rings. The van der Waals surface area contributed by atoms with Gasteiger partial charge in [0.1, 0.15) is 5.69 Å². The first kappa shape index (κ1) is 15.7. The third-order valence-corrected chi connectivity index (χ3v) is 3.72. The first-order valence-electron chi connectivity index (χ1n) is 7.33. The van der Waals surface area contributed by atoms with Crippen LogP contribution in [0.3, 0.4) is 0 Å². The smallest absolute Gasteiger partial charge is 0.323 e. The number of rotatable bonds is 2. The van der Waals surface area contributed by atoms with E-state index in [1.54, 1.807) is 6.07 Å². The summed E-state index contributed by atoms with van der Waals surface area (Å²) in [4.78, 5) is 29.1. The number of carbonyl (C=O) groups is 2. The van der Waals surface area contributed by atoms with Gasteiger partial charge >= 0.3 is 6.03 Å². The SMILES string of the molecule is CNC(=O)N(C)C(=O)c1cnc2onc(-c3ccc(C)cc3)c2c1. The molecule has 0 bridgehead atoms. The standard InChI is InChI=1S/C17H16N4O3/c1-10-4-6-11(7-5-10)14-13-8-12(9-19-15(13)24-20-14)16(22)21(3)17(23)18-2/h4-9H,1-3H3,(H,18,23). The zero-order chi connectivity index (χ0) is 17.3. The molecule has 122 valence electrons. The van der Waals surface area contributed by atoms with Crippen LogP contribution in [0.15, 0.2) is 41.1 Å². The molecule has 0 fully saturated rings. The van der Waals surface area contributed by atoms with Crippen LogP contribution in [0.2, 0.25) is 0 Å². The quantitative estimate of drug-likeness (QED) is 0.783. The van der Waals surface area contributed by atoms with E-state index in [0.717, 1.165) is 16.0 Å². The van der Waals surface area contributed by atoms with Crippen molar-refractivity contribution in [3.05, 3.63) is 47.7 Å². The van der Waals surface area contributed by atoms with Crippen LogP contribution in [0, 0.1) is 6.92 Å². The number of benzene rings is 1. The summed E-state index contributed by atoms with van der Waals surface area (Å²) in [5, 5.41) is 7.08. The highest BCUT2D eigenvalue weighted by molar-refractivity contribution is 6.06. The van der Waals surface area contributed by atoms with Gasteiger partial charge in [0.05, 0.1) is 10.9 Å². The Kier molecular flexibility index (Phi) is 3.99. The Hall–Kier alpha value is -3.22. The highest BCUT2D eigenvalue weighted by atomic mass is 16.5. The van der Waals surface area contributed by atoms with Crippen LogP contribution in [0.4, 0.5) is 4.79 Å². The molecule has 3 aromatic rings. The van der Waals surface area contributed by atoms with E-state index in [2.05, 4.69) is 15.5 Å². The summed E-state index contributed by atoms with van der Waals surface area (Å²) < 4.78 is 5.23. The van der Waals surface area contributed by atoms with Gasteiger partial charge in [-0.15, -0.1) is 0 Å². The van der Waals surface area contributed by atoms with Crippen molar-refractivity contribution in [2.75, 3.05) is 14.1 Å². The summed E-state index contributed by atoms with van der Waals surface area (Å²) in [6, 6.07) is 8.94. The van der Waals surface area contributed by atoms with Gasteiger partial charge in [-0.1, -0.05) is 35.0 Å². The van der Waals surface area contributed by atoms with E-state index in [-0.39, 0.29) is 5.56 Å². The van der Waals surface area contributed by atoms with Crippen LogP contribution in [0.1, 0.15) is 15.9 Å². The molecule has 7 heteroatoms. The number of aryl methyl sites for hydroxylation is 1. The number of hydrogen-bond acceptors (Lipinski definition) is 5. The monoisotopic (exact) mass is 324 g/mol. The zero-order valence-corrected chi connectivity index (χ0v) is 13.5. The number of carbonyl (C=O) groups excluding carboxylic acids is 2. The van der Waals surface area contributed by atoms with E-state index in [9.17, 15) is 9.59 Å². The molecular weight excluding hydrogens is 308 g/mol. The van der Waals surface area contributed by atoms with E-state index in [1.165, 1.54) is 20.3 Å². The number of aromatic nitrogens is 2. The van der Waals surface area contributed by atoms with Gasteiger partial charge < -0.3 is 9.84 Å². The van der Waals surface area contributed by atoms with Crippen molar-refractivity contribution in [3.63, 3.8) is 0 Å². The van der Waals surface area contributed by atoms with Crippen molar-refractivity contribution < 1.29 is 14.1 Å². The van der Waals surface area contributed by atoms with Crippen molar-refractivity contribution in [2.45, 2.75) is 6.92 Å². The Bertz CT molecular complexity index is 915. The van der Waals surface area contributed by atoms with E-state index >= 15 is 0 Å². The fraction of sp³-hybridized carbons (Fsp3) is 0.176. The summed E-state index contributed by atoms with van der Waals surface area (Å²) in [6.07, 6.45) is 1.37. The predicted molar refractivity (Wildman–Crippen MR) is 88.5 cm³/mol. The summed E-state index contributed by atoms with van der Waals surface area (Å²) >= 11 is 0. The largest absolute Gasteiger partial charge is 0.341 e. The third-order valence-electron chi connectivity index (χ3n) is 3.72. The van der Waals surface area contributed by atoms with E-state index in [0.29, 0.717) is 16.8 Å². The molecular formula is C17H16N4O3. The predicted octanol–water partition coefficient (Wildman–Crippen LogP) is 2.61. The molecule has 1 N–H and O–H groups in total. The molecule has 0 aliphatic heterocycles. The number of pyridine rings is 1. The molecule has 24 heavy (non-hydrogen) atoms. The summed E-state index contributed by atoms with van der Waals surface area (Å²) in [6.45, 7) is 2.00. The molecule has 0 atom stereocenters. The maximum atomic E-state index is 12.4. The second-order valence-corrected chi connectivity index (χ2v) is 5.39. The molecule has 2 heterocycles. The van der Waals surface area contributed by atoms with Crippen LogP contribution >= 0.6 is 0 Å². The van der Waals surface area contributed by atoms with Crippen molar-refractivity contribution in [1.82, 2.24) is 20.4 Å². The Morgan fingerprint density at radius 2 is 1.92 bits per heavy atom. The summed E-state index contributed by atoms with van der Waals surface area (Å²) in [5.74, 6) is -0.459. The molecule has 0 spiro atoms. The van der Waals surface area contributed by atoms with Gasteiger partial charge in [-0.05, 0) is 13.0 Å². The molecule has 0 aliphatic carbocycles. The Balaban J connectivity index is 2.04. The molecule has 7 nitrogen and oxygen atoms in total. The molecule has 0 unspecified atom stereocenters. The molecule has 3 amide bonds. The Labute approximate surface area is 138 Å². The lowest BCUT2D eigenvalue weighted by atomic mass is 10.1. The average molecular weight is 324 g/mol. The van der Waals surface area contributed by atoms with Crippen LogP contribution in [0.5, 0.6) is 0 Å². The molecule has 0 radical (unpaired) electrons. The fourth-order valence-electron chi connectivity index (χ4n) is 2.32. The van der Waals surface area contributed by atoms with Crippen molar-refractivity contribution in [3.8, 4) is 11.3 Å². The van der Waals surface area contributed by atoms with Crippen LogP contribution in [-0.2, 0) is 0 Å². The number of amides is 3. The first-order valence-corrected chi connectivity index (χ1v) is 7.33. The van der Waals surface area contributed by atoms with Gasteiger partial charge in [0.2, 0.25) is 0 Å². The second kappa shape index (κ2) is 6.11. The second-order valence-electron chi connectivity index (χ2n) is 5.39. The molecule has 3 rings (SSSR count). The number of hydrogen-bond donors (Lipinski definition) is 1. The molecule has 0 saturated heterocycles. The Morgan fingerprint density at radius 1 is 1.21 bits per heavy atom. The normalized spacial score (nSPS) is 10.6. The van der Waals surface area contributed by atoms with E-state index in [1.807, 2.05) is 31.2 Å². The van der Waals surface area contributed by atoms with Crippen LogP contribution in [0.25, 0.3) is 22.4 Å². The zero-order valence-electron chi connectivity index (χ0n) is 13.5. The lowest BCUT2D eigenvalue weighted by Crippen LogP contribution is -2.39. The van der Waals surface area contributed by atoms with Gasteiger partial charge in [0.25, 0.3) is 11.6 Å². The van der Waals surface area contributed by atoms with Crippen molar-refractivity contribution in [2.24, 2.45) is 0 Å². The lowest BCUT2D eigenvalue weighted by molar-refractivity contribution is 0.0832. The average Bonchev–Trinajstić information content (AvgIpc) is 3.03. The number of urea groups is 1. The maximum Gasteiger partial charge on any atom is 0.323 e. The first-order chi connectivity index (χ1) is 11.5. The third kappa shape index (κ3) is 2.71. The van der Waals surface area contributed by atoms with E-state index < -0.39 is 11.9 Å². The topological polar surface area (TPSA) is 88.3 Å². The molecule has 2 aromatic heterocycles. The van der Waals surface area contributed by atoms with Crippen molar-refractivity contribution in [1.29, 1.82) is 0 Å². The number of nitrogens with zero attached hydrogens (tertiary/aromatic N) is 3. The Morgan fingerprint density at radius 3 is 2.58 bits per heavy atom. The highest BCUT2D eigenvalue weighted by Crippen LogP contribution is 2.27. The fourth-order valence-corrected chi connectivity index (χ4v) is 2.32. The molecule has 1 aromatic carbocycles. The van der Waals surface area contributed by atoms with Gasteiger partial charge in [-0.25, -0.2) is 9.78 Å². The lowest BCUT2D eigenvalue weighted by Gasteiger charge is -2.14. The van der Waals surface area contributed by atoms with Crippen molar-refractivity contribution >= 4 is 23.0 Å². The van der Waals surface area contributed by atoms with Gasteiger partial charge in [-0.3, -0.25) is 9.69 Å². The van der Waals surface area contributed by atoms with E-state index in [4.69, 9.17) is 4.52 Å². The van der Waals surface area contributed by atoms with Gasteiger partial charge in [0.15, 0.2) is 0 Å². The highest BCUT2D eigenvalue weighted by Gasteiger charge is 2.20. The number of imide groups is 1. The van der Waals surface area contributed by atoms with Crippen LogP contribution in [-0.4, -0.2) is 41.1 Å². The summed E-state index contributed by atoms with van der Waals surface area (Å²) in [5.41, 5.74) is 3.22. The van der Waals surface area contributed by atoms with Crippen LogP contribution < -0.4 is 5.32 Å². The molecule has 0 saturated carbocycles. The number of fused-ring (bicyclic) bond motifs is 1. The van der Waals surface area contributed by atoms with Gasteiger partial charge in [-0.2, -0.15) is 0 Å². The number of nitrogens with one attached hydrogen (secondary N) is 1. The minimum atomic E-state index is -0.496. The summed E-state index contributed by atoms with van der Waals surface area (Å²) in [7, 11) is 2.86. The minimum absolute atomic E-state index is 0.283. The maximum absolute atomic E-state index is 12.4.